The Balaban J connectivity index is 3.37. The van der Waals surface area contributed by atoms with Crippen molar-refractivity contribution in [1.82, 2.24) is 0 Å². The minimum Gasteiger partial charge on any atom is -0.496 e. The lowest BCUT2D eigenvalue weighted by molar-refractivity contribution is 0.408. The molecule has 0 radical (unpaired) electrons. The minimum atomic E-state index is 1.04. The molecule has 0 bridgehead atoms. The highest BCUT2D eigenvalue weighted by Gasteiger charge is 2.08. The van der Waals surface area contributed by atoms with Crippen LogP contribution in [-0.4, -0.2) is 7.11 Å². The van der Waals surface area contributed by atoms with Gasteiger partial charge < -0.3 is 4.74 Å². The van der Waals surface area contributed by atoms with Crippen molar-refractivity contribution in [3.63, 3.8) is 0 Å². The van der Waals surface area contributed by atoms with Gasteiger partial charge in [0, 0.05) is 0 Å². The zero-order valence-corrected chi connectivity index (χ0v) is 9.19. The molecule has 0 aromatic heterocycles. The van der Waals surface area contributed by atoms with Gasteiger partial charge in [-0.1, -0.05) is 13.0 Å². The van der Waals surface area contributed by atoms with Crippen molar-refractivity contribution in [2.75, 3.05) is 7.11 Å². The fourth-order valence-corrected chi connectivity index (χ4v) is 1.82. The number of methoxy groups -OCH3 is 1. The zero-order valence-electron chi connectivity index (χ0n) is 9.19. The fourth-order valence-electron chi connectivity index (χ4n) is 1.82. The molecule has 13 heavy (non-hydrogen) atoms. The molecule has 0 amide bonds. The fraction of sp³-hybridized carbons (Fsp3) is 0.500. The summed E-state index contributed by atoms with van der Waals surface area (Å²) in [6, 6.07) is 2.22. The van der Waals surface area contributed by atoms with E-state index in [1.165, 1.54) is 22.3 Å². The predicted octanol–water partition coefficient (Wildman–Crippen LogP) is 3.18. The monoisotopic (exact) mass is 178 g/mol. The Morgan fingerprint density at radius 2 is 1.77 bits per heavy atom. The minimum absolute atomic E-state index is 1.04. The number of benzene rings is 1. The van der Waals surface area contributed by atoms with Gasteiger partial charge in [0.25, 0.3) is 0 Å². The van der Waals surface area contributed by atoms with E-state index in [9.17, 15) is 0 Å². The molecule has 1 aromatic rings. The number of ether oxygens (including phenoxy) is 1. The molecule has 72 valence electrons. The predicted molar refractivity (Wildman–Crippen MR) is 56.6 cm³/mol. The van der Waals surface area contributed by atoms with Gasteiger partial charge in [-0.15, -0.1) is 0 Å². The van der Waals surface area contributed by atoms with E-state index in [4.69, 9.17) is 4.74 Å². The van der Waals surface area contributed by atoms with Crippen LogP contribution in [-0.2, 0) is 6.42 Å². The SMILES string of the molecule is CCc1cc(C)c(OC)c(C)c1C. The molecule has 0 aliphatic carbocycles. The molecule has 1 nitrogen and oxygen atoms in total. The third-order valence-electron chi connectivity index (χ3n) is 2.72. The first-order chi connectivity index (χ1) is 6.11. The topological polar surface area (TPSA) is 9.23 Å². The number of hydrogen-bond donors (Lipinski definition) is 0. The smallest absolute Gasteiger partial charge is 0.124 e. The van der Waals surface area contributed by atoms with Crippen LogP contribution in [0.4, 0.5) is 0 Å². The van der Waals surface area contributed by atoms with Gasteiger partial charge in [0.05, 0.1) is 7.11 Å². The molecule has 0 spiro atoms. The van der Waals surface area contributed by atoms with Crippen LogP contribution in [0.1, 0.15) is 29.2 Å². The van der Waals surface area contributed by atoms with E-state index in [1.54, 1.807) is 7.11 Å². The van der Waals surface area contributed by atoms with Gasteiger partial charge in [-0.2, -0.15) is 0 Å². The van der Waals surface area contributed by atoms with Crippen LogP contribution in [0.5, 0.6) is 5.75 Å². The van der Waals surface area contributed by atoms with Crippen LogP contribution in [0, 0.1) is 20.8 Å². The van der Waals surface area contributed by atoms with Crippen LogP contribution >= 0.6 is 0 Å². The van der Waals surface area contributed by atoms with Crippen molar-refractivity contribution < 1.29 is 4.74 Å². The average molecular weight is 178 g/mol. The highest BCUT2D eigenvalue weighted by atomic mass is 16.5. The molecule has 0 saturated heterocycles. The standard InChI is InChI=1S/C12H18O/c1-6-11-7-8(2)12(13-5)10(4)9(11)3/h7H,6H2,1-5H3. The molecule has 0 atom stereocenters. The molecular weight excluding hydrogens is 160 g/mol. The van der Waals surface area contributed by atoms with Crippen molar-refractivity contribution in [1.29, 1.82) is 0 Å². The molecule has 1 heteroatoms. The van der Waals surface area contributed by atoms with E-state index in [1.807, 2.05) is 0 Å². The van der Waals surface area contributed by atoms with Crippen LogP contribution in [0.25, 0.3) is 0 Å². The van der Waals surface area contributed by atoms with E-state index in [-0.39, 0.29) is 0 Å². The Morgan fingerprint density at radius 1 is 1.15 bits per heavy atom. The van der Waals surface area contributed by atoms with Crippen molar-refractivity contribution in [3.8, 4) is 5.75 Å². The third-order valence-corrected chi connectivity index (χ3v) is 2.72. The van der Waals surface area contributed by atoms with Gasteiger partial charge >= 0.3 is 0 Å². The second-order valence-corrected chi connectivity index (χ2v) is 3.49. The van der Waals surface area contributed by atoms with Crippen molar-refractivity contribution in [2.45, 2.75) is 34.1 Å². The van der Waals surface area contributed by atoms with Crippen LogP contribution in [0.2, 0.25) is 0 Å². The van der Waals surface area contributed by atoms with Crippen LogP contribution in [0.3, 0.4) is 0 Å². The molecule has 0 N–H and O–H groups in total. The normalized spacial score (nSPS) is 10.2. The molecule has 0 aliphatic rings. The maximum absolute atomic E-state index is 5.36. The summed E-state index contributed by atoms with van der Waals surface area (Å²) >= 11 is 0. The molecule has 0 heterocycles. The quantitative estimate of drug-likeness (QED) is 0.675. The highest BCUT2D eigenvalue weighted by molar-refractivity contribution is 5.48. The molecule has 0 saturated carbocycles. The first-order valence-corrected chi connectivity index (χ1v) is 4.75. The van der Waals surface area contributed by atoms with Gasteiger partial charge in [0.1, 0.15) is 5.75 Å². The zero-order chi connectivity index (χ0) is 10.0. The summed E-state index contributed by atoms with van der Waals surface area (Å²) in [6.45, 7) is 8.58. The van der Waals surface area contributed by atoms with E-state index in [0.717, 1.165) is 12.2 Å². The molecule has 1 aromatic carbocycles. The highest BCUT2D eigenvalue weighted by Crippen LogP contribution is 2.28. The Bertz CT molecular complexity index is 313. The first kappa shape index (κ1) is 10.1. The summed E-state index contributed by atoms with van der Waals surface area (Å²) in [5, 5.41) is 0. The Morgan fingerprint density at radius 3 is 2.23 bits per heavy atom. The summed E-state index contributed by atoms with van der Waals surface area (Å²) in [5.74, 6) is 1.04. The lowest BCUT2D eigenvalue weighted by Gasteiger charge is -2.14. The summed E-state index contributed by atoms with van der Waals surface area (Å²) in [7, 11) is 1.74. The second kappa shape index (κ2) is 3.82. The first-order valence-electron chi connectivity index (χ1n) is 4.75. The summed E-state index contributed by atoms with van der Waals surface area (Å²) in [4.78, 5) is 0. The van der Waals surface area contributed by atoms with Gasteiger partial charge in [-0.05, 0) is 49.4 Å². The van der Waals surface area contributed by atoms with Gasteiger partial charge in [-0.25, -0.2) is 0 Å². The van der Waals surface area contributed by atoms with E-state index >= 15 is 0 Å². The van der Waals surface area contributed by atoms with E-state index < -0.39 is 0 Å². The molecule has 0 fully saturated rings. The summed E-state index contributed by atoms with van der Waals surface area (Å²) in [5.41, 5.74) is 5.31. The van der Waals surface area contributed by atoms with Crippen LogP contribution < -0.4 is 4.74 Å². The Kier molecular flexibility index (Phi) is 2.97. The Labute approximate surface area is 80.7 Å². The molecule has 0 unspecified atom stereocenters. The lowest BCUT2D eigenvalue weighted by Crippen LogP contribution is -1.97. The van der Waals surface area contributed by atoms with E-state index in [0.29, 0.717) is 0 Å². The van der Waals surface area contributed by atoms with Crippen molar-refractivity contribution in [2.24, 2.45) is 0 Å². The van der Waals surface area contributed by atoms with Crippen LogP contribution in [0.15, 0.2) is 6.07 Å². The van der Waals surface area contributed by atoms with Gasteiger partial charge in [0.15, 0.2) is 0 Å². The molecular formula is C12H18O. The van der Waals surface area contributed by atoms with Crippen molar-refractivity contribution in [3.05, 3.63) is 28.3 Å². The Hall–Kier alpha value is -0.980. The maximum atomic E-state index is 5.36. The number of aryl methyl sites for hydroxylation is 2. The lowest BCUT2D eigenvalue weighted by atomic mass is 9.97. The number of rotatable bonds is 2. The van der Waals surface area contributed by atoms with Gasteiger partial charge in [-0.3, -0.25) is 0 Å². The average Bonchev–Trinajstić information content (AvgIpc) is 2.12. The summed E-state index contributed by atoms with van der Waals surface area (Å²) in [6.07, 6.45) is 1.09. The van der Waals surface area contributed by atoms with E-state index in [2.05, 4.69) is 33.8 Å². The summed E-state index contributed by atoms with van der Waals surface area (Å²) < 4.78 is 5.36. The van der Waals surface area contributed by atoms with Crippen molar-refractivity contribution >= 4 is 0 Å². The molecule has 1 rings (SSSR count). The maximum Gasteiger partial charge on any atom is 0.124 e. The second-order valence-electron chi connectivity index (χ2n) is 3.49. The molecule has 0 aliphatic heterocycles. The largest absolute Gasteiger partial charge is 0.496 e. The van der Waals surface area contributed by atoms with Gasteiger partial charge in [0.2, 0.25) is 0 Å². The number of hydrogen-bond acceptors (Lipinski definition) is 1. The third kappa shape index (κ3) is 1.69.